The predicted molar refractivity (Wildman–Crippen MR) is 79.3 cm³/mol. The van der Waals surface area contributed by atoms with Crippen LogP contribution in [0.1, 0.15) is 21.5 Å². The Balaban J connectivity index is 2.22. The molecule has 0 atom stereocenters. The average Bonchev–Trinajstić information content (AvgIpc) is 2.46. The number of nitrogens with two attached hydrogens (primary N) is 2. The van der Waals surface area contributed by atoms with E-state index >= 15 is 0 Å². The highest BCUT2D eigenvalue weighted by Crippen LogP contribution is 2.20. The lowest BCUT2D eigenvalue weighted by Crippen LogP contribution is -2.18. The number of aromatic nitrogens is 1. The largest absolute Gasteiger partial charge is 0.380 e. The van der Waals surface area contributed by atoms with Crippen LogP contribution < -0.4 is 16.8 Å². The van der Waals surface area contributed by atoms with Gasteiger partial charge in [-0.05, 0) is 42.3 Å². The number of hydrogen-bond acceptors (Lipinski definition) is 4. The standard InChI is InChI=1S/C15H18N4O/c16-7-4-12-2-1-3-13(14(12)15(17)20)19-10-11-5-8-18-9-6-11/h1-3,5-6,8-9,19H,4,7,10,16H2,(H2,17,20). The number of carbonyl (C=O) groups is 1. The summed E-state index contributed by atoms with van der Waals surface area (Å²) in [5.74, 6) is -0.439. The van der Waals surface area contributed by atoms with E-state index in [1.54, 1.807) is 12.4 Å². The maximum absolute atomic E-state index is 11.7. The molecule has 1 aromatic heterocycles. The Morgan fingerprint density at radius 2 is 1.95 bits per heavy atom. The van der Waals surface area contributed by atoms with Crippen LogP contribution in [-0.2, 0) is 13.0 Å². The first kappa shape index (κ1) is 14.0. The number of carbonyl (C=O) groups excluding carboxylic acids is 1. The van der Waals surface area contributed by atoms with Crippen LogP contribution in [-0.4, -0.2) is 17.4 Å². The van der Waals surface area contributed by atoms with Gasteiger partial charge in [0, 0.05) is 24.6 Å². The molecule has 0 aliphatic rings. The minimum Gasteiger partial charge on any atom is -0.380 e. The number of nitrogens with one attached hydrogen (secondary N) is 1. The second kappa shape index (κ2) is 6.68. The summed E-state index contributed by atoms with van der Waals surface area (Å²) < 4.78 is 0. The molecule has 0 unspecified atom stereocenters. The molecular weight excluding hydrogens is 252 g/mol. The molecule has 1 heterocycles. The highest BCUT2D eigenvalue weighted by Gasteiger charge is 2.12. The maximum atomic E-state index is 11.7. The van der Waals surface area contributed by atoms with Crippen LogP contribution in [0.15, 0.2) is 42.7 Å². The maximum Gasteiger partial charge on any atom is 0.251 e. The molecule has 0 spiro atoms. The molecule has 0 saturated carbocycles. The molecule has 5 N–H and O–H groups in total. The Labute approximate surface area is 118 Å². The summed E-state index contributed by atoms with van der Waals surface area (Å²) in [5, 5.41) is 3.24. The minimum atomic E-state index is -0.439. The molecule has 0 bridgehead atoms. The summed E-state index contributed by atoms with van der Waals surface area (Å²) in [5.41, 5.74) is 14.3. The van der Waals surface area contributed by atoms with Crippen LogP contribution in [0.4, 0.5) is 5.69 Å². The smallest absolute Gasteiger partial charge is 0.251 e. The lowest BCUT2D eigenvalue weighted by molar-refractivity contribution is 0.1000. The van der Waals surface area contributed by atoms with Gasteiger partial charge in [-0.15, -0.1) is 0 Å². The van der Waals surface area contributed by atoms with E-state index in [2.05, 4.69) is 10.3 Å². The quantitative estimate of drug-likeness (QED) is 0.737. The average molecular weight is 270 g/mol. The summed E-state index contributed by atoms with van der Waals surface area (Å²) in [4.78, 5) is 15.6. The summed E-state index contributed by atoms with van der Waals surface area (Å²) in [7, 11) is 0. The number of primary amides is 1. The zero-order valence-corrected chi connectivity index (χ0v) is 11.2. The molecule has 0 aliphatic carbocycles. The van der Waals surface area contributed by atoms with Crippen molar-refractivity contribution in [2.24, 2.45) is 11.5 Å². The van der Waals surface area contributed by atoms with E-state index in [0.29, 0.717) is 25.1 Å². The molecule has 0 saturated heterocycles. The van der Waals surface area contributed by atoms with Crippen molar-refractivity contribution in [1.29, 1.82) is 0 Å². The van der Waals surface area contributed by atoms with Gasteiger partial charge in [-0.1, -0.05) is 12.1 Å². The molecule has 5 nitrogen and oxygen atoms in total. The fourth-order valence-corrected chi connectivity index (χ4v) is 2.10. The number of amides is 1. The topological polar surface area (TPSA) is 94.0 Å². The van der Waals surface area contributed by atoms with Crippen molar-refractivity contribution in [3.8, 4) is 0 Å². The molecule has 20 heavy (non-hydrogen) atoms. The number of hydrogen-bond donors (Lipinski definition) is 3. The van der Waals surface area contributed by atoms with Gasteiger partial charge < -0.3 is 16.8 Å². The number of anilines is 1. The number of nitrogens with zero attached hydrogens (tertiary/aromatic N) is 1. The zero-order chi connectivity index (χ0) is 14.4. The molecular formula is C15H18N4O. The van der Waals surface area contributed by atoms with Gasteiger partial charge in [0.2, 0.25) is 0 Å². The summed E-state index contributed by atoms with van der Waals surface area (Å²) in [6, 6.07) is 9.46. The third kappa shape index (κ3) is 3.33. The zero-order valence-electron chi connectivity index (χ0n) is 11.2. The first-order valence-electron chi connectivity index (χ1n) is 6.47. The van der Waals surface area contributed by atoms with Crippen molar-refractivity contribution in [2.45, 2.75) is 13.0 Å². The SMILES string of the molecule is NCCc1cccc(NCc2ccncc2)c1C(N)=O. The van der Waals surface area contributed by atoms with Gasteiger partial charge in [0.15, 0.2) is 0 Å². The molecule has 2 rings (SSSR count). The lowest BCUT2D eigenvalue weighted by atomic mass is 10.0. The Bertz CT molecular complexity index is 584. The van der Waals surface area contributed by atoms with Crippen LogP contribution in [0.2, 0.25) is 0 Å². The van der Waals surface area contributed by atoms with Crippen LogP contribution in [0.3, 0.4) is 0 Å². The summed E-state index contributed by atoms with van der Waals surface area (Å²) >= 11 is 0. The van der Waals surface area contributed by atoms with Crippen molar-refractivity contribution in [3.05, 3.63) is 59.4 Å². The lowest BCUT2D eigenvalue weighted by Gasteiger charge is -2.13. The van der Waals surface area contributed by atoms with Gasteiger partial charge in [0.05, 0.1) is 5.56 Å². The van der Waals surface area contributed by atoms with Crippen molar-refractivity contribution in [2.75, 3.05) is 11.9 Å². The second-order valence-electron chi connectivity index (χ2n) is 4.45. The van der Waals surface area contributed by atoms with Crippen LogP contribution in [0.25, 0.3) is 0 Å². The van der Waals surface area contributed by atoms with Gasteiger partial charge in [-0.25, -0.2) is 0 Å². The van der Waals surface area contributed by atoms with Gasteiger partial charge in [0.1, 0.15) is 0 Å². The normalized spacial score (nSPS) is 10.2. The van der Waals surface area contributed by atoms with Crippen LogP contribution in [0, 0.1) is 0 Å². The third-order valence-electron chi connectivity index (χ3n) is 3.04. The highest BCUT2D eigenvalue weighted by molar-refractivity contribution is 6.00. The summed E-state index contributed by atoms with van der Waals surface area (Å²) in [6.07, 6.45) is 4.09. The van der Waals surface area contributed by atoms with Crippen molar-refractivity contribution < 1.29 is 4.79 Å². The third-order valence-corrected chi connectivity index (χ3v) is 3.04. The van der Waals surface area contributed by atoms with E-state index in [-0.39, 0.29) is 0 Å². The van der Waals surface area contributed by atoms with E-state index in [1.165, 1.54) is 0 Å². The van der Waals surface area contributed by atoms with E-state index in [1.807, 2.05) is 30.3 Å². The number of rotatable bonds is 6. The first-order valence-corrected chi connectivity index (χ1v) is 6.47. The Kier molecular flexibility index (Phi) is 4.68. The van der Waals surface area contributed by atoms with Gasteiger partial charge in [-0.3, -0.25) is 9.78 Å². The number of benzene rings is 1. The Hall–Kier alpha value is -2.40. The molecule has 0 fully saturated rings. The minimum absolute atomic E-state index is 0.439. The second-order valence-corrected chi connectivity index (χ2v) is 4.45. The van der Waals surface area contributed by atoms with E-state index in [4.69, 9.17) is 11.5 Å². The van der Waals surface area contributed by atoms with Crippen molar-refractivity contribution in [1.82, 2.24) is 4.98 Å². The molecule has 0 aliphatic heterocycles. The van der Waals surface area contributed by atoms with Gasteiger partial charge >= 0.3 is 0 Å². The molecule has 5 heteroatoms. The van der Waals surface area contributed by atoms with Crippen LogP contribution in [0.5, 0.6) is 0 Å². The van der Waals surface area contributed by atoms with Crippen molar-refractivity contribution >= 4 is 11.6 Å². The fraction of sp³-hybridized carbons (Fsp3) is 0.200. The molecule has 1 amide bonds. The molecule has 104 valence electrons. The summed E-state index contributed by atoms with van der Waals surface area (Å²) in [6.45, 7) is 1.09. The Morgan fingerprint density at radius 3 is 2.60 bits per heavy atom. The molecule has 1 aromatic carbocycles. The van der Waals surface area contributed by atoms with Crippen LogP contribution >= 0.6 is 0 Å². The fourth-order valence-electron chi connectivity index (χ4n) is 2.10. The van der Waals surface area contributed by atoms with Gasteiger partial charge in [-0.2, -0.15) is 0 Å². The number of pyridine rings is 1. The first-order chi connectivity index (χ1) is 9.72. The van der Waals surface area contributed by atoms with E-state index in [9.17, 15) is 4.79 Å². The highest BCUT2D eigenvalue weighted by atomic mass is 16.1. The van der Waals surface area contributed by atoms with Crippen molar-refractivity contribution in [3.63, 3.8) is 0 Å². The van der Waals surface area contributed by atoms with E-state index < -0.39 is 5.91 Å². The Morgan fingerprint density at radius 1 is 1.20 bits per heavy atom. The monoisotopic (exact) mass is 270 g/mol. The molecule has 2 aromatic rings. The predicted octanol–water partition coefficient (Wildman–Crippen LogP) is 1.29. The molecule has 0 radical (unpaired) electrons. The van der Waals surface area contributed by atoms with E-state index in [0.717, 1.165) is 16.8 Å². The van der Waals surface area contributed by atoms with Gasteiger partial charge in [0.25, 0.3) is 5.91 Å².